The van der Waals surface area contributed by atoms with Crippen molar-refractivity contribution < 1.29 is 9.53 Å². The lowest BCUT2D eigenvalue weighted by Gasteiger charge is -2.20. The topological polar surface area (TPSA) is 64.3 Å². The molecule has 0 aliphatic heterocycles. The molecule has 0 aliphatic carbocycles. The molecular weight excluding hydrogens is 296 g/mol. The number of carbonyl (C=O) groups is 1. The van der Waals surface area contributed by atoms with E-state index in [1.807, 2.05) is 6.07 Å². The van der Waals surface area contributed by atoms with Crippen molar-refractivity contribution in [3.05, 3.63) is 22.7 Å². The van der Waals surface area contributed by atoms with Crippen LogP contribution in [0.4, 0.5) is 11.4 Å². The molecule has 0 spiro atoms. The lowest BCUT2D eigenvalue weighted by atomic mass is 10.0. The van der Waals surface area contributed by atoms with Gasteiger partial charge in [-0.05, 0) is 46.5 Å². The predicted octanol–water partition coefficient (Wildman–Crippen LogP) is 3.03. The fourth-order valence-electron chi connectivity index (χ4n) is 1.66. The second-order valence-electron chi connectivity index (χ2n) is 4.59. The second-order valence-corrected chi connectivity index (χ2v) is 5.44. The van der Waals surface area contributed by atoms with E-state index in [9.17, 15) is 4.79 Å². The van der Waals surface area contributed by atoms with Crippen molar-refractivity contribution in [3.8, 4) is 0 Å². The number of hydrogen-bond acceptors (Lipinski definition) is 4. The van der Waals surface area contributed by atoms with Gasteiger partial charge in [0, 0.05) is 15.8 Å². The average Bonchev–Trinajstić information content (AvgIpc) is 2.30. The number of halogens is 1. The Balaban J connectivity index is 2.85. The molecule has 3 N–H and O–H groups in total. The summed E-state index contributed by atoms with van der Waals surface area (Å²) in [7, 11) is 1.40. The molecule has 100 valence electrons. The molecule has 1 aromatic rings. The molecule has 1 atom stereocenters. The van der Waals surface area contributed by atoms with E-state index in [2.05, 4.69) is 35.1 Å². The van der Waals surface area contributed by atoms with Gasteiger partial charge in [0.2, 0.25) is 0 Å². The summed E-state index contributed by atoms with van der Waals surface area (Å²) in [4.78, 5) is 11.7. The number of nitrogens with two attached hydrogens (primary N) is 1. The molecule has 0 fully saturated rings. The molecule has 0 radical (unpaired) electrons. The molecule has 0 bridgehead atoms. The Morgan fingerprint density at radius 1 is 1.50 bits per heavy atom. The first-order chi connectivity index (χ1) is 8.43. The van der Waals surface area contributed by atoms with Crippen molar-refractivity contribution in [2.75, 3.05) is 18.2 Å². The van der Waals surface area contributed by atoms with Gasteiger partial charge in [0.1, 0.15) is 6.04 Å². The van der Waals surface area contributed by atoms with Crippen molar-refractivity contribution in [2.45, 2.75) is 26.3 Å². The standard InChI is InChI=1S/C13H19BrN2O2/c1-8(2)6-12(13(17)18-3)16-11-5-4-9(15)7-10(11)14/h4-5,7-8,12,16H,6,15H2,1-3H3. The molecule has 0 aliphatic rings. The molecule has 0 saturated heterocycles. The van der Waals surface area contributed by atoms with E-state index in [1.165, 1.54) is 7.11 Å². The van der Waals surface area contributed by atoms with Gasteiger partial charge >= 0.3 is 5.97 Å². The zero-order chi connectivity index (χ0) is 13.7. The summed E-state index contributed by atoms with van der Waals surface area (Å²) in [5, 5.41) is 3.18. The highest BCUT2D eigenvalue weighted by Crippen LogP contribution is 2.26. The molecule has 0 aromatic heterocycles. The van der Waals surface area contributed by atoms with E-state index < -0.39 is 0 Å². The van der Waals surface area contributed by atoms with E-state index in [0.29, 0.717) is 18.0 Å². The first kappa shape index (κ1) is 14.8. The minimum absolute atomic E-state index is 0.257. The Hall–Kier alpha value is -1.23. The van der Waals surface area contributed by atoms with E-state index >= 15 is 0 Å². The number of carbonyl (C=O) groups excluding carboxylic acids is 1. The number of benzene rings is 1. The number of ether oxygens (including phenoxy) is 1. The number of esters is 1. The molecule has 0 heterocycles. The quantitative estimate of drug-likeness (QED) is 0.647. The minimum atomic E-state index is -0.352. The molecule has 5 heteroatoms. The van der Waals surface area contributed by atoms with Gasteiger partial charge < -0.3 is 15.8 Å². The van der Waals surface area contributed by atoms with Gasteiger partial charge in [-0.15, -0.1) is 0 Å². The molecular formula is C13H19BrN2O2. The van der Waals surface area contributed by atoms with E-state index in [4.69, 9.17) is 10.5 Å². The summed E-state index contributed by atoms with van der Waals surface area (Å²) in [5.41, 5.74) is 7.18. The van der Waals surface area contributed by atoms with Crippen LogP contribution in [0.1, 0.15) is 20.3 Å². The Morgan fingerprint density at radius 2 is 2.17 bits per heavy atom. The van der Waals surface area contributed by atoms with E-state index in [1.54, 1.807) is 12.1 Å². The van der Waals surface area contributed by atoms with Crippen molar-refractivity contribution in [3.63, 3.8) is 0 Å². The zero-order valence-corrected chi connectivity index (χ0v) is 12.5. The Bertz CT molecular complexity index is 421. The maximum atomic E-state index is 11.7. The lowest BCUT2D eigenvalue weighted by molar-refractivity contribution is -0.141. The third-order valence-corrected chi connectivity index (χ3v) is 3.17. The first-order valence-electron chi connectivity index (χ1n) is 5.83. The average molecular weight is 315 g/mol. The number of anilines is 2. The van der Waals surface area contributed by atoms with Crippen molar-refractivity contribution in [2.24, 2.45) is 5.92 Å². The summed E-state index contributed by atoms with van der Waals surface area (Å²) >= 11 is 3.42. The number of hydrogen-bond donors (Lipinski definition) is 2. The Morgan fingerprint density at radius 3 is 2.67 bits per heavy atom. The summed E-state index contributed by atoms with van der Waals surface area (Å²) in [6.07, 6.45) is 0.712. The second kappa shape index (κ2) is 6.64. The number of nitrogen functional groups attached to an aromatic ring is 1. The molecule has 0 amide bonds. The summed E-state index contributed by atoms with van der Waals surface area (Å²) in [5.74, 6) is 0.140. The number of methoxy groups -OCH3 is 1. The monoisotopic (exact) mass is 314 g/mol. The van der Waals surface area contributed by atoms with Crippen molar-refractivity contribution >= 4 is 33.3 Å². The van der Waals surface area contributed by atoms with Crippen LogP contribution in [0.15, 0.2) is 22.7 Å². The van der Waals surface area contributed by atoms with E-state index in [0.717, 1.165) is 10.2 Å². The Labute approximate surface area is 116 Å². The highest BCUT2D eigenvalue weighted by Gasteiger charge is 2.20. The highest BCUT2D eigenvalue weighted by molar-refractivity contribution is 9.10. The fourth-order valence-corrected chi connectivity index (χ4v) is 2.17. The molecule has 0 saturated carbocycles. The van der Waals surface area contributed by atoms with Crippen LogP contribution in [0.2, 0.25) is 0 Å². The summed E-state index contributed by atoms with van der Waals surface area (Å²) in [6, 6.07) is 5.08. The fraction of sp³-hybridized carbons (Fsp3) is 0.462. The van der Waals surface area contributed by atoms with Crippen LogP contribution in [0.5, 0.6) is 0 Å². The third kappa shape index (κ3) is 4.22. The van der Waals surface area contributed by atoms with Crippen LogP contribution in [0.25, 0.3) is 0 Å². The predicted molar refractivity (Wildman–Crippen MR) is 77.4 cm³/mol. The maximum Gasteiger partial charge on any atom is 0.328 e. The molecule has 18 heavy (non-hydrogen) atoms. The third-order valence-electron chi connectivity index (χ3n) is 2.52. The molecule has 4 nitrogen and oxygen atoms in total. The maximum absolute atomic E-state index is 11.7. The molecule has 1 aromatic carbocycles. The van der Waals surface area contributed by atoms with Crippen LogP contribution >= 0.6 is 15.9 Å². The van der Waals surface area contributed by atoms with Crippen LogP contribution in [0.3, 0.4) is 0 Å². The molecule has 1 rings (SSSR count). The number of nitrogens with one attached hydrogen (secondary N) is 1. The van der Waals surface area contributed by atoms with Gasteiger partial charge in [-0.3, -0.25) is 0 Å². The first-order valence-corrected chi connectivity index (χ1v) is 6.62. The van der Waals surface area contributed by atoms with Gasteiger partial charge in [-0.25, -0.2) is 4.79 Å². The summed E-state index contributed by atoms with van der Waals surface area (Å²) < 4.78 is 5.64. The van der Waals surface area contributed by atoms with Gasteiger partial charge in [0.25, 0.3) is 0 Å². The highest BCUT2D eigenvalue weighted by atomic mass is 79.9. The van der Waals surface area contributed by atoms with E-state index in [-0.39, 0.29) is 12.0 Å². The number of rotatable bonds is 5. The van der Waals surface area contributed by atoms with Gasteiger partial charge in [-0.1, -0.05) is 13.8 Å². The lowest BCUT2D eigenvalue weighted by Crippen LogP contribution is -2.32. The summed E-state index contributed by atoms with van der Waals surface area (Å²) in [6.45, 7) is 4.13. The smallest absolute Gasteiger partial charge is 0.328 e. The SMILES string of the molecule is COC(=O)C(CC(C)C)Nc1ccc(N)cc1Br. The Kier molecular flexibility index (Phi) is 5.47. The molecule has 1 unspecified atom stereocenters. The normalized spacial score (nSPS) is 12.3. The van der Waals surface area contributed by atoms with Gasteiger partial charge in [0.05, 0.1) is 7.11 Å². The zero-order valence-electron chi connectivity index (χ0n) is 10.9. The van der Waals surface area contributed by atoms with Gasteiger partial charge in [-0.2, -0.15) is 0 Å². The largest absolute Gasteiger partial charge is 0.467 e. The van der Waals surface area contributed by atoms with Crippen LogP contribution in [0, 0.1) is 5.92 Å². The van der Waals surface area contributed by atoms with Crippen LogP contribution in [-0.2, 0) is 9.53 Å². The van der Waals surface area contributed by atoms with Crippen molar-refractivity contribution in [1.29, 1.82) is 0 Å². The van der Waals surface area contributed by atoms with Crippen LogP contribution in [-0.4, -0.2) is 19.1 Å². The van der Waals surface area contributed by atoms with Gasteiger partial charge in [0.15, 0.2) is 0 Å². The minimum Gasteiger partial charge on any atom is -0.467 e. The van der Waals surface area contributed by atoms with Crippen LogP contribution < -0.4 is 11.1 Å². The van der Waals surface area contributed by atoms with Crippen molar-refractivity contribution in [1.82, 2.24) is 0 Å².